The summed E-state index contributed by atoms with van der Waals surface area (Å²) in [6.45, 7) is 2.24. The molecule has 14 heavy (non-hydrogen) atoms. The number of hydrogen-bond donors (Lipinski definition) is 4. The Balaban J connectivity index is 2.98. The summed E-state index contributed by atoms with van der Waals surface area (Å²) in [4.78, 5) is 11.2. The maximum Gasteiger partial charge on any atom is 0.307 e. The zero-order valence-corrected chi connectivity index (χ0v) is 7.67. The van der Waals surface area contributed by atoms with Crippen molar-refractivity contribution in [3.05, 3.63) is 5.21 Å². The number of carbonyl (C=O) groups excluding carboxylic acids is 1. The molecule has 1 rings (SSSR count). The molecule has 6 N–H and O–H groups in total. The second-order valence-corrected chi connectivity index (χ2v) is 2.89. The van der Waals surface area contributed by atoms with Gasteiger partial charge in [-0.1, -0.05) is 6.92 Å². The number of hydrogen-bond acceptors (Lipinski definition) is 6. The molecule has 2 unspecified atom stereocenters. The molecule has 1 aliphatic rings. The number of hydrazine groups is 1. The summed E-state index contributed by atoms with van der Waals surface area (Å²) in [5, 5.41) is 22.7. The molecule has 2 atom stereocenters. The number of likely N-dealkylation sites (N-methyl/N-ethyl adjacent to an activating group) is 1. The van der Waals surface area contributed by atoms with Gasteiger partial charge < -0.3 is 16.3 Å². The smallest absolute Gasteiger partial charge is 0.307 e. The molecule has 80 valence electrons. The number of rotatable bonds is 2. The number of hydroxylamine groups is 1. The molecule has 0 saturated heterocycles. The third-order valence-corrected chi connectivity index (χ3v) is 1.98. The van der Waals surface area contributed by atoms with Crippen LogP contribution in [0.5, 0.6) is 0 Å². The molecule has 0 bridgehead atoms. The van der Waals surface area contributed by atoms with Gasteiger partial charge in [-0.05, 0) is 11.7 Å². The first-order chi connectivity index (χ1) is 6.50. The van der Waals surface area contributed by atoms with Gasteiger partial charge >= 0.3 is 5.91 Å². The molecular formula is C6H13N5O3. The van der Waals surface area contributed by atoms with Crippen LogP contribution in [0, 0.1) is 5.21 Å². The highest BCUT2D eigenvalue weighted by Crippen LogP contribution is 2.04. The Bertz CT molecular complexity index is 279. The van der Waals surface area contributed by atoms with Crippen LogP contribution in [0.4, 0.5) is 0 Å². The van der Waals surface area contributed by atoms with Gasteiger partial charge in [0.15, 0.2) is 0 Å². The number of nitrogens with one attached hydrogen (secondary N) is 1. The molecule has 1 aliphatic heterocycles. The van der Waals surface area contributed by atoms with E-state index in [9.17, 15) is 10.0 Å². The van der Waals surface area contributed by atoms with E-state index < -0.39 is 18.0 Å². The fraction of sp³-hybridized carbons (Fsp3) is 0.667. The molecule has 1 heterocycles. The Hall–Kier alpha value is -1.38. The van der Waals surface area contributed by atoms with Gasteiger partial charge in [0.1, 0.15) is 12.1 Å². The third-order valence-electron chi connectivity index (χ3n) is 1.98. The third kappa shape index (κ3) is 1.50. The molecule has 0 radical (unpaired) electrons. The predicted octanol–water partition coefficient (Wildman–Crippen LogP) is -2.69. The summed E-state index contributed by atoms with van der Waals surface area (Å²) in [5.74, 6) is -1.12. The lowest BCUT2D eigenvalue weighted by Crippen LogP contribution is -2.67. The van der Waals surface area contributed by atoms with E-state index in [-0.39, 0.29) is 15.9 Å². The predicted molar refractivity (Wildman–Crippen MR) is 46.9 cm³/mol. The Labute approximate surface area is 80.3 Å². The number of hydrazone groups is 1. The highest BCUT2D eigenvalue weighted by molar-refractivity contribution is 5.93. The number of nitrogens with two attached hydrogens (primary N) is 2. The highest BCUT2D eigenvalue weighted by atomic mass is 16.7. The fourth-order valence-electron chi connectivity index (χ4n) is 1.21. The maximum atomic E-state index is 11.3. The van der Waals surface area contributed by atoms with Crippen LogP contribution >= 0.6 is 0 Å². The Kier molecular flexibility index (Phi) is 2.89. The van der Waals surface area contributed by atoms with Crippen molar-refractivity contribution in [2.24, 2.45) is 11.5 Å². The van der Waals surface area contributed by atoms with Crippen molar-refractivity contribution in [1.29, 1.82) is 0 Å². The van der Waals surface area contributed by atoms with Gasteiger partial charge in [0.05, 0.1) is 0 Å². The SMILES string of the molecule is CCNC1C(=O)N(O)[N+]([O-])=C(N)C1N. The van der Waals surface area contributed by atoms with E-state index in [0.29, 0.717) is 6.54 Å². The summed E-state index contributed by atoms with van der Waals surface area (Å²) in [6, 6.07) is -1.79. The highest BCUT2D eigenvalue weighted by Gasteiger charge is 2.41. The van der Waals surface area contributed by atoms with Crippen molar-refractivity contribution in [1.82, 2.24) is 10.5 Å². The van der Waals surface area contributed by atoms with Crippen molar-refractivity contribution in [2.45, 2.75) is 19.0 Å². The van der Waals surface area contributed by atoms with Gasteiger partial charge in [-0.3, -0.25) is 10.5 Å². The summed E-state index contributed by atoms with van der Waals surface area (Å²) < 4.78 is 0. The molecule has 0 aliphatic carbocycles. The topological polar surface area (TPSA) is 131 Å². The number of amides is 1. The lowest BCUT2D eigenvalue weighted by molar-refractivity contribution is -0.693. The number of amidine groups is 1. The second-order valence-electron chi connectivity index (χ2n) is 2.89. The van der Waals surface area contributed by atoms with Crippen LogP contribution in [0.25, 0.3) is 0 Å². The molecular weight excluding hydrogens is 190 g/mol. The van der Waals surface area contributed by atoms with E-state index in [1.54, 1.807) is 6.92 Å². The van der Waals surface area contributed by atoms with Crippen LogP contribution < -0.4 is 16.8 Å². The van der Waals surface area contributed by atoms with Gasteiger partial charge in [-0.15, -0.1) is 4.85 Å². The minimum absolute atomic E-state index is 0.0913. The molecule has 0 aromatic carbocycles. The summed E-state index contributed by atoms with van der Waals surface area (Å²) in [5.41, 5.74) is 10.8. The molecule has 0 aromatic rings. The van der Waals surface area contributed by atoms with Crippen LogP contribution in [0.3, 0.4) is 0 Å². The monoisotopic (exact) mass is 203 g/mol. The van der Waals surface area contributed by atoms with Crippen LogP contribution in [0.1, 0.15) is 6.92 Å². The minimum atomic E-state index is -0.927. The average molecular weight is 203 g/mol. The van der Waals surface area contributed by atoms with Gasteiger partial charge in [0, 0.05) is 0 Å². The molecule has 8 nitrogen and oxygen atoms in total. The Morgan fingerprint density at radius 3 is 2.86 bits per heavy atom. The number of carbonyl (C=O) groups is 1. The molecule has 0 saturated carbocycles. The first kappa shape index (κ1) is 10.7. The van der Waals surface area contributed by atoms with Crippen molar-refractivity contribution < 1.29 is 14.8 Å². The lowest BCUT2D eigenvalue weighted by Gasteiger charge is -2.32. The largest absolute Gasteiger partial charge is 0.690 e. The number of nitrogens with zero attached hydrogens (tertiary/aromatic N) is 2. The van der Waals surface area contributed by atoms with Crippen LogP contribution in [0.15, 0.2) is 0 Å². The van der Waals surface area contributed by atoms with Crippen LogP contribution in [0.2, 0.25) is 0 Å². The lowest BCUT2D eigenvalue weighted by atomic mass is 10.1. The first-order valence-corrected chi connectivity index (χ1v) is 4.12. The van der Waals surface area contributed by atoms with E-state index in [1.807, 2.05) is 0 Å². The van der Waals surface area contributed by atoms with E-state index >= 15 is 0 Å². The van der Waals surface area contributed by atoms with Gasteiger partial charge in [0.25, 0.3) is 5.84 Å². The molecule has 1 amide bonds. The summed E-state index contributed by atoms with van der Waals surface area (Å²) >= 11 is 0. The zero-order chi connectivity index (χ0) is 10.9. The standard InChI is InChI=1S/C6H13N5O3/c1-2-9-4-3(7)5(8)10(13)11(14)6(4)12/h3-4,9,14H,2,7-8H2,1H3. The van der Waals surface area contributed by atoms with Crippen LogP contribution in [-0.2, 0) is 4.79 Å². The van der Waals surface area contributed by atoms with Gasteiger partial charge in [0.2, 0.25) is 0 Å². The van der Waals surface area contributed by atoms with Crippen molar-refractivity contribution >= 4 is 11.7 Å². The quantitative estimate of drug-likeness (QED) is 0.219. The van der Waals surface area contributed by atoms with Crippen LogP contribution in [-0.4, -0.2) is 45.6 Å². The van der Waals surface area contributed by atoms with E-state index in [0.717, 1.165) is 0 Å². The van der Waals surface area contributed by atoms with Gasteiger partial charge in [-0.25, -0.2) is 5.21 Å². The first-order valence-electron chi connectivity index (χ1n) is 4.12. The van der Waals surface area contributed by atoms with Gasteiger partial charge in [-0.2, -0.15) is 0 Å². The maximum absolute atomic E-state index is 11.3. The summed E-state index contributed by atoms with van der Waals surface area (Å²) in [7, 11) is 0. The average Bonchev–Trinajstić information content (AvgIpc) is 2.19. The normalized spacial score (nSPS) is 28.5. The summed E-state index contributed by atoms with van der Waals surface area (Å²) in [6.07, 6.45) is 0. The zero-order valence-electron chi connectivity index (χ0n) is 7.67. The van der Waals surface area contributed by atoms with E-state index in [1.165, 1.54) is 0 Å². The second kappa shape index (κ2) is 3.78. The van der Waals surface area contributed by atoms with Crippen molar-refractivity contribution in [3.8, 4) is 0 Å². The van der Waals surface area contributed by atoms with Crippen molar-refractivity contribution in [2.75, 3.05) is 6.54 Å². The molecule has 0 aromatic heterocycles. The van der Waals surface area contributed by atoms with E-state index in [4.69, 9.17) is 16.7 Å². The molecule has 0 spiro atoms. The van der Waals surface area contributed by atoms with E-state index in [2.05, 4.69) is 5.32 Å². The molecule has 8 heteroatoms. The van der Waals surface area contributed by atoms with Crippen molar-refractivity contribution in [3.63, 3.8) is 0 Å². The molecule has 0 fully saturated rings. The Morgan fingerprint density at radius 1 is 1.79 bits per heavy atom. The minimum Gasteiger partial charge on any atom is -0.690 e. The Morgan fingerprint density at radius 2 is 2.36 bits per heavy atom. The fourth-order valence-corrected chi connectivity index (χ4v) is 1.21.